The van der Waals surface area contributed by atoms with Gasteiger partial charge in [-0.05, 0) is 38.8 Å². The minimum atomic E-state index is -3.30. The lowest BCUT2D eigenvalue weighted by atomic mass is 9.65. The van der Waals surface area contributed by atoms with Gasteiger partial charge in [0.1, 0.15) is 0 Å². The Balaban J connectivity index is 0.00000392. The maximum absolute atomic E-state index is 12.0. The van der Waals surface area contributed by atoms with E-state index < -0.39 is 10.0 Å². The van der Waals surface area contributed by atoms with Crippen LogP contribution in [-0.4, -0.2) is 44.5 Å². The molecule has 2 rings (SSSR count). The van der Waals surface area contributed by atoms with Crippen LogP contribution in [0.2, 0.25) is 0 Å². The minimum absolute atomic E-state index is 0. The highest BCUT2D eigenvalue weighted by molar-refractivity contribution is 14.0. The lowest BCUT2D eigenvalue weighted by Gasteiger charge is -2.62. The molecule has 0 atom stereocenters. The quantitative estimate of drug-likeness (QED) is 0.342. The topological polar surface area (TPSA) is 73.8 Å². The van der Waals surface area contributed by atoms with E-state index in [1.54, 1.807) is 7.05 Å². The molecule has 160 valence electrons. The summed E-state index contributed by atoms with van der Waals surface area (Å²) in [5, 5.41) is 3.42. The van der Waals surface area contributed by atoms with Crippen molar-refractivity contribution in [3.63, 3.8) is 0 Å². The Morgan fingerprint density at radius 2 is 1.68 bits per heavy atom. The number of guanidine groups is 1. The van der Waals surface area contributed by atoms with Crippen molar-refractivity contribution in [1.82, 2.24) is 14.9 Å². The summed E-state index contributed by atoms with van der Waals surface area (Å²) >= 11 is 0. The van der Waals surface area contributed by atoms with Gasteiger partial charge in [-0.25, -0.2) is 13.1 Å². The molecule has 1 aromatic rings. The molecule has 1 saturated heterocycles. The van der Waals surface area contributed by atoms with Crippen LogP contribution in [0.1, 0.15) is 52.7 Å². The summed E-state index contributed by atoms with van der Waals surface area (Å²) in [4.78, 5) is 6.72. The van der Waals surface area contributed by atoms with E-state index in [1.165, 1.54) is 0 Å². The number of hydrogen-bond donors (Lipinski definition) is 2. The summed E-state index contributed by atoms with van der Waals surface area (Å²) in [5.41, 5.74) is 2.17. The standard InChI is InChI=1S/C20H34N4O2S.HI/c1-15(2)23-27(25,26)13-17-10-8-16(9-11-17)12-22-18(21-7)24-14-19(3,4)20(24,5)6;/h8-11,15,23H,12-14H2,1-7H3,(H,21,22);1H. The van der Waals surface area contributed by atoms with Crippen molar-refractivity contribution in [2.45, 2.75) is 65.4 Å². The summed E-state index contributed by atoms with van der Waals surface area (Å²) in [6.45, 7) is 14.3. The minimum Gasteiger partial charge on any atom is -0.352 e. The van der Waals surface area contributed by atoms with E-state index in [-0.39, 0.29) is 46.7 Å². The highest BCUT2D eigenvalue weighted by Gasteiger charge is 2.53. The van der Waals surface area contributed by atoms with E-state index in [9.17, 15) is 8.42 Å². The van der Waals surface area contributed by atoms with Crippen LogP contribution in [0.4, 0.5) is 0 Å². The zero-order valence-electron chi connectivity index (χ0n) is 18.0. The molecule has 28 heavy (non-hydrogen) atoms. The molecule has 1 heterocycles. The Bertz CT molecular complexity index is 787. The van der Waals surface area contributed by atoms with Crippen molar-refractivity contribution in [2.75, 3.05) is 13.6 Å². The molecule has 8 heteroatoms. The lowest BCUT2D eigenvalue weighted by Crippen LogP contribution is -2.72. The molecule has 6 nitrogen and oxygen atoms in total. The zero-order valence-corrected chi connectivity index (χ0v) is 21.2. The molecule has 0 spiro atoms. The van der Waals surface area contributed by atoms with Crippen molar-refractivity contribution in [2.24, 2.45) is 10.4 Å². The van der Waals surface area contributed by atoms with Crippen molar-refractivity contribution in [1.29, 1.82) is 0 Å². The molecule has 2 N–H and O–H groups in total. The van der Waals surface area contributed by atoms with Crippen molar-refractivity contribution in [3.8, 4) is 0 Å². The van der Waals surface area contributed by atoms with Crippen molar-refractivity contribution in [3.05, 3.63) is 35.4 Å². The van der Waals surface area contributed by atoms with E-state index in [4.69, 9.17) is 0 Å². The van der Waals surface area contributed by atoms with Gasteiger partial charge in [0.15, 0.2) is 5.96 Å². The number of likely N-dealkylation sites (tertiary alicyclic amines) is 1. The molecule has 1 fully saturated rings. The maximum atomic E-state index is 12.0. The molecule has 0 aromatic heterocycles. The molecular formula is C20H35IN4O2S. The van der Waals surface area contributed by atoms with Crippen LogP contribution in [0, 0.1) is 5.41 Å². The number of aliphatic imine (C=N–C) groups is 1. The van der Waals surface area contributed by atoms with Gasteiger partial charge >= 0.3 is 0 Å². The van der Waals surface area contributed by atoms with Gasteiger partial charge in [-0.3, -0.25) is 4.99 Å². The van der Waals surface area contributed by atoms with Crippen LogP contribution in [0.15, 0.2) is 29.3 Å². The van der Waals surface area contributed by atoms with E-state index >= 15 is 0 Å². The fourth-order valence-electron chi connectivity index (χ4n) is 3.25. The number of nitrogens with one attached hydrogen (secondary N) is 2. The van der Waals surface area contributed by atoms with E-state index in [1.807, 2.05) is 38.1 Å². The molecule has 0 saturated carbocycles. The van der Waals surface area contributed by atoms with E-state index in [2.05, 4.69) is 47.6 Å². The fourth-order valence-corrected chi connectivity index (χ4v) is 4.68. The molecule has 0 bridgehead atoms. The Morgan fingerprint density at radius 3 is 2.11 bits per heavy atom. The predicted octanol–water partition coefficient (Wildman–Crippen LogP) is 3.33. The second-order valence-corrected chi connectivity index (χ2v) is 10.5. The molecule has 0 aliphatic carbocycles. The van der Waals surface area contributed by atoms with Crippen LogP contribution >= 0.6 is 24.0 Å². The molecule has 0 amide bonds. The second kappa shape index (κ2) is 9.30. The number of hydrogen-bond acceptors (Lipinski definition) is 3. The highest BCUT2D eigenvalue weighted by Crippen LogP contribution is 2.46. The van der Waals surface area contributed by atoms with Gasteiger partial charge in [-0.2, -0.15) is 0 Å². The average molecular weight is 522 g/mol. The number of halogens is 1. The van der Waals surface area contributed by atoms with Gasteiger partial charge in [0, 0.05) is 37.1 Å². The highest BCUT2D eigenvalue weighted by atomic mass is 127. The zero-order chi connectivity index (χ0) is 20.5. The number of benzene rings is 1. The normalized spacial score (nSPS) is 18.4. The van der Waals surface area contributed by atoms with Crippen molar-refractivity contribution < 1.29 is 8.42 Å². The van der Waals surface area contributed by atoms with Crippen LogP contribution in [0.5, 0.6) is 0 Å². The summed E-state index contributed by atoms with van der Waals surface area (Å²) in [6.07, 6.45) is 0. The SMILES string of the molecule is CN=C(NCc1ccc(CS(=O)(=O)NC(C)C)cc1)N1CC(C)(C)C1(C)C.I. The number of rotatable bonds is 6. The molecule has 1 aromatic carbocycles. The molecule has 0 radical (unpaired) electrons. The first-order valence-electron chi connectivity index (χ1n) is 9.44. The first-order valence-corrected chi connectivity index (χ1v) is 11.1. The maximum Gasteiger partial charge on any atom is 0.216 e. The third kappa shape index (κ3) is 5.82. The lowest BCUT2D eigenvalue weighted by molar-refractivity contribution is -0.0667. The van der Waals surface area contributed by atoms with Crippen LogP contribution < -0.4 is 10.0 Å². The first kappa shape index (κ1) is 25.2. The molecular weight excluding hydrogens is 487 g/mol. The largest absolute Gasteiger partial charge is 0.352 e. The van der Waals surface area contributed by atoms with Crippen LogP contribution in [0.25, 0.3) is 0 Å². The Labute approximate surface area is 187 Å². The van der Waals surface area contributed by atoms with Gasteiger partial charge in [0.25, 0.3) is 0 Å². The second-order valence-electron chi connectivity index (χ2n) is 8.78. The summed E-state index contributed by atoms with van der Waals surface area (Å²) < 4.78 is 26.7. The monoisotopic (exact) mass is 522 g/mol. The van der Waals surface area contributed by atoms with Crippen LogP contribution in [-0.2, 0) is 22.3 Å². The van der Waals surface area contributed by atoms with E-state index in [0.29, 0.717) is 6.54 Å². The Morgan fingerprint density at radius 1 is 1.14 bits per heavy atom. The van der Waals surface area contributed by atoms with Gasteiger partial charge in [-0.15, -0.1) is 24.0 Å². The fraction of sp³-hybridized carbons (Fsp3) is 0.650. The Kier molecular flexibility index (Phi) is 8.36. The number of nitrogens with zero attached hydrogens (tertiary/aromatic N) is 2. The summed E-state index contributed by atoms with van der Waals surface area (Å²) in [5.74, 6) is 0.893. The van der Waals surface area contributed by atoms with Gasteiger partial charge in [0.2, 0.25) is 10.0 Å². The van der Waals surface area contributed by atoms with Crippen molar-refractivity contribution >= 4 is 40.0 Å². The van der Waals surface area contributed by atoms with Gasteiger partial charge in [-0.1, -0.05) is 38.1 Å². The smallest absolute Gasteiger partial charge is 0.216 e. The van der Waals surface area contributed by atoms with Gasteiger partial charge in [0.05, 0.1) is 5.75 Å². The first-order chi connectivity index (χ1) is 12.4. The summed E-state index contributed by atoms with van der Waals surface area (Å²) in [7, 11) is -1.49. The molecule has 1 aliphatic rings. The summed E-state index contributed by atoms with van der Waals surface area (Å²) in [6, 6.07) is 7.57. The Hall–Kier alpha value is -0.870. The van der Waals surface area contributed by atoms with Crippen LogP contribution in [0.3, 0.4) is 0 Å². The number of sulfonamides is 1. The average Bonchev–Trinajstić information content (AvgIpc) is 2.54. The molecule has 1 aliphatic heterocycles. The predicted molar refractivity (Wildman–Crippen MR) is 128 cm³/mol. The molecule has 0 unspecified atom stereocenters. The third-order valence-corrected chi connectivity index (χ3v) is 7.14. The third-order valence-electron chi connectivity index (χ3n) is 5.60. The van der Waals surface area contributed by atoms with E-state index in [0.717, 1.165) is 23.6 Å². The van der Waals surface area contributed by atoms with Gasteiger partial charge < -0.3 is 10.2 Å².